The molecule has 2 rings (SSSR count). The van der Waals surface area contributed by atoms with Crippen LogP contribution in [-0.4, -0.2) is 17.9 Å². The number of aromatic nitrogens is 1. The summed E-state index contributed by atoms with van der Waals surface area (Å²) in [7, 11) is 0. The Balaban J connectivity index is 2.51. The van der Waals surface area contributed by atoms with Crippen LogP contribution in [0.2, 0.25) is 0 Å². The molecule has 0 aromatic carbocycles. The summed E-state index contributed by atoms with van der Waals surface area (Å²) < 4.78 is 5.24. The van der Waals surface area contributed by atoms with Crippen molar-refractivity contribution in [1.29, 1.82) is 0 Å². The zero-order chi connectivity index (χ0) is 8.39. The van der Waals surface area contributed by atoms with E-state index in [9.17, 15) is 4.79 Å². The van der Waals surface area contributed by atoms with Gasteiger partial charge in [0.05, 0.1) is 13.2 Å². The summed E-state index contributed by atoms with van der Waals surface area (Å²) in [5.41, 5.74) is 2.67. The van der Waals surface area contributed by atoms with Crippen LogP contribution < -0.4 is 0 Å². The number of hydrogen-bond acceptors (Lipinski definition) is 3. The number of ether oxygens (including phenoxy) is 1. The number of fused-ring (bicyclic) bond motifs is 1. The first kappa shape index (κ1) is 7.43. The van der Waals surface area contributed by atoms with Crippen molar-refractivity contribution in [3.8, 4) is 0 Å². The first-order chi connectivity index (χ1) is 5.92. The van der Waals surface area contributed by atoms with Crippen molar-refractivity contribution >= 4 is 6.29 Å². The van der Waals surface area contributed by atoms with Crippen LogP contribution in [0.4, 0.5) is 0 Å². The predicted molar refractivity (Wildman–Crippen MR) is 43.0 cm³/mol. The molecule has 62 valence electrons. The lowest BCUT2D eigenvalue weighted by Crippen LogP contribution is -2.13. The summed E-state index contributed by atoms with van der Waals surface area (Å²) in [5.74, 6) is 0. The molecule has 3 heteroatoms. The summed E-state index contributed by atoms with van der Waals surface area (Å²) >= 11 is 0. The van der Waals surface area contributed by atoms with Gasteiger partial charge in [0.1, 0.15) is 0 Å². The number of aldehydes is 1. The van der Waals surface area contributed by atoms with Crippen LogP contribution in [0.3, 0.4) is 0 Å². The van der Waals surface area contributed by atoms with Gasteiger partial charge in [0, 0.05) is 29.4 Å². The minimum atomic E-state index is 0.525. The minimum Gasteiger partial charge on any atom is -0.376 e. The lowest BCUT2D eigenvalue weighted by Gasteiger charge is -2.16. The summed E-state index contributed by atoms with van der Waals surface area (Å²) in [4.78, 5) is 14.8. The Bertz CT molecular complexity index is 309. The van der Waals surface area contributed by atoms with Crippen molar-refractivity contribution in [2.75, 3.05) is 6.61 Å². The average Bonchev–Trinajstić information content (AvgIpc) is 2.17. The van der Waals surface area contributed by atoms with E-state index in [-0.39, 0.29) is 0 Å². The zero-order valence-electron chi connectivity index (χ0n) is 6.62. The van der Waals surface area contributed by atoms with Gasteiger partial charge >= 0.3 is 0 Å². The summed E-state index contributed by atoms with van der Waals surface area (Å²) in [6.07, 6.45) is 3.35. The third-order valence-corrected chi connectivity index (χ3v) is 2.04. The second-order valence-electron chi connectivity index (χ2n) is 2.75. The third kappa shape index (κ3) is 1.12. The molecule has 0 saturated heterocycles. The molecule has 0 spiro atoms. The second kappa shape index (κ2) is 3.03. The highest BCUT2D eigenvalue weighted by Crippen LogP contribution is 2.16. The first-order valence-electron chi connectivity index (χ1n) is 3.91. The smallest absolute Gasteiger partial charge is 0.150 e. The van der Waals surface area contributed by atoms with Gasteiger partial charge in [0.15, 0.2) is 6.29 Å². The predicted octanol–water partition coefficient (Wildman–Crippen LogP) is 0.967. The highest BCUT2D eigenvalue weighted by Gasteiger charge is 2.13. The Labute approximate surface area is 70.4 Å². The number of nitrogens with zero attached hydrogens (tertiary/aromatic N) is 1. The van der Waals surface area contributed by atoms with Crippen molar-refractivity contribution in [1.82, 2.24) is 4.98 Å². The standard InChI is InChI=1S/C9H9NO2/c11-5-7-1-3-10-9-2-4-12-6-8(7)9/h1,3,5H,2,4,6H2. The molecule has 1 aromatic rings. The fourth-order valence-electron chi connectivity index (χ4n) is 1.39. The van der Waals surface area contributed by atoms with E-state index in [4.69, 9.17) is 4.74 Å². The molecular formula is C9H9NO2. The van der Waals surface area contributed by atoms with Crippen LogP contribution >= 0.6 is 0 Å². The average molecular weight is 163 g/mol. The number of rotatable bonds is 1. The number of carbonyl (C=O) groups is 1. The molecule has 0 amide bonds. The molecule has 1 aliphatic rings. The molecule has 3 nitrogen and oxygen atoms in total. The summed E-state index contributed by atoms with van der Waals surface area (Å²) in [5, 5.41) is 0. The van der Waals surface area contributed by atoms with Crippen molar-refractivity contribution in [3.63, 3.8) is 0 Å². The van der Waals surface area contributed by atoms with Gasteiger partial charge in [-0.05, 0) is 6.07 Å². The van der Waals surface area contributed by atoms with E-state index >= 15 is 0 Å². The molecule has 12 heavy (non-hydrogen) atoms. The van der Waals surface area contributed by atoms with E-state index in [1.807, 2.05) is 0 Å². The fourth-order valence-corrected chi connectivity index (χ4v) is 1.39. The Morgan fingerprint density at radius 1 is 1.58 bits per heavy atom. The lowest BCUT2D eigenvalue weighted by atomic mass is 10.0. The van der Waals surface area contributed by atoms with E-state index in [1.165, 1.54) is 0 Å². The van der Waals surface area contributed by atoms with Gasteiger partial charge in [-0.25, -0.2) is 0 Å². The quantitative estimate of drug-likeness (QED) is 0.579. The van der Waals surface area contributed by atoms with E-state index in [0.717, 1.165) is 24.0 Å². The molecule has 0 bridgehead atoms. The minimum absolute atomic E-state index is 0.525. The maximum Gasteiger partial charge on any atom is 0.150 e. The SMILES string of the molecule is O=Cc1ccnc2c1COCC2. The maximum absolute atomic E-state index is 10.6. The van der Waals surface area contributed by atoms with Gasteiger partial charge in [-0.1, -0.05) is 0 Å². The van der Waals surface area contributed by atoms with Crippen molar-refractivity contribution in [3.05, 3.63) is 29.1 Å². The Hall–Kier alpha value is -1.22. The van der Waals surface area contributed by atoms with Crippen molar-refractivity contribution in [2.24, 2.45) is 0 Å². The molecule has 0 fully saturated rings. The van der Waals surface area contributed by atoms with Crippen LogP contribution in [0, 0.1) is 0 Å². The van der Waals surface area contributed by atoms with E-state index in [2.05, 4.69) is 4.98 Å². The highest BCUT2D eigenvalue weighted by molar-refractivity contribution is 5.77. The van der Waals surface area contributed by atoms with Crippen molar-refractivity contribution in [2.45, 2.75) is 13.0 Å². The molecule has 1 aliphatic heterocycles. The molecular weight excluding hydrogens is 154 g/mol. The largest absolute Gasteiger partial charge is 0.376 e. The molecule has 0 saturated carbocycles. The molecule has 2 heterocycles. The number of carbonyl (C=O) groups excluding carboxylic acids is 1. The monoisotopic (exact) mass is 163 g/mol. The summed E-state index contributed by atoms with van der Waals surface area (Å²) in [6.45, 7) is 1.24. The van der Waals surface area contributed by atoms with Gasteiger partial charge in [0.2, 0.25) is 0 Å². The third-order valence-electron chi connectivity index (χ3n) is 2.04. The molecule has 0 atom stereocenters. The van der Waals surface area contributed by atoms with Crippen LogP contribution in [0.25, 0.3) is 0 Å². The van der Waals surface area contributed by atoms with E-state index in [1.54, 1.807) is 12.3 Å². The van der Waals surface area contributed by atoms with Gasteiger partial charge in [-0.3, -0.25) is 9.78 Å². The molecule has 0 radical (unpaired) electrons. The molecule has 0 aliphatic carbocycles. The maximum atomic E-state index is 10.6. The van der Waals surface area contributed by atoms with Crippen LogP contribution in [-0.2, 0) is 17.8 Å². The summed E-state index contributed by atoms with van der Waals surface area (Å²) in [6, 6.07) is 1.72. The number of pyridine rings is 1. The highest BCUT2D eigenvalue weighted by atomic mass is 16.5. The fraction of sp³-hybridized carbons (Fsp3) is 0.333. The Kier molecular flexibility index (Phi) is 1.87. The Morgan fingerprint density at radius 2 is 2.50 bits per heavy atom. The van der Waals surface area contributed by atoms with Gasteiger partial charge in [-0.2, -0.15) is 0 Å². The molecule has 0 N–H and O–H groups in total. The van der Waals surface area contributed by atoms with Gasteiger partial charge in [-0.15, -0.1) is 0 Å². The molecule has 0 unspecified atom stereocenters. The van der Waals surface area contributed by atoms with Gasteiger partial charge in [0.25, 0.3) is 0 Å². The van der Waals surface area contributed by atoms with Crippen LogP contribution in [0.5, 0.6) is 0 Å². The number of hydrogen-bond donors (Lipinski definition) is 0. The van der Waals surface area contributed by atoms with Crippen molar-refractivity contribution < 1.29 is 9.53 Å². The van der Waals surface area contributed by atoms with E-state index < -0.39 is 0 Å². The lowest BCUT2D eigenvalue weighted by molar-refractivity contribution is 0.104. The van der Waals surface area contributed by atoms with Crippen LogP contribution in [0.15, 0.2) is 12.3 Å². The zero-order valence-corrected chi connectivity index (χ0v) is 6.62. The second-order valence-corrected chi connectivity index (χ2v) is 2.75. The molecule has 1 aromatic heterocycles. The Morgan fingerprint density at radius 3 is 3.33 bits per heavy atom. The van der Waals surface area contributed by atoms with Gasteiger partial charge < -0.3 is 4.74 Å². The van der Waals surface area contributed by atoms with Crippen LogP contribution in [0.1, 0.15) is 21.6 Å². The normalized spacial score (nSPS) is 15.3. The topological polar surface area (TPSA) is 39.2 Å². The first-order valence-corrected chi connectivity index (χ1v) is 3.91. The van der Waals surface area contributed by atoms with E-state index in [0.29, 0.717) is 18.8 Å².